The van der Waals surface area contributed by atoms with Crippen molar-refractivity contribution in [3.05, 3.63) is 46.9 Å². The molecule has 4 aromatic rings. The van der Waals surface area contributed by atoms with E-state index in [1.165, 1.54) is 4.90 Å². The number of halogens is 5. The van der Waals surface area contributed by atoms with Gasteiger partial charge in [0, 0.05) is 80.2 Å². The van der Waals surface area contributed by atoms with E-state index in [1.807, 2.05) is 25.1 Å². The monoisotopic (exact) mass is 785 g/mol. The lowest BCUT2D eigenvalue weighted by Crippen LogP contribution is -2.62. The van der Waals surface area contributed by atoms with Crippen LogP contribution in [0.2, 0.25) is 5.15 Å². The standard InChI is InChI=1S/C39H44ClF4N7O4/c1-22-4-7-28-31(34(40)48-47-28)29(22)30-26(24-5-6-24)18-27-32(33(30)54-21-39(42,43)44)45-37(55-25-8-12-49(13-9-25)16-17-53-3)46-35(27)50-14-10-38(11-15-50)19-51(20-38)36(52)23(2)41/h4,7,18,24-25H,2,5-6,8-17,19-21H2,1,3H3,(H,47,48). The van der Waals surface area contributed by atoms with Gasteiger partial charge in [-0.25, -0.2) is 4.39 Å². The molecule has 3 saturated heterocycles. The van der Waals surface area contributed by atoms with Gasteiger partial charge in [0.05, 0.1) is 12.1 Å². The Morgan fingerprint density at radius 1 is 1.07 bits per heavy atom. The Balaban J connectivity index is 1.25. The lowest BCUT2D eigenvalue weighted by atomic mass is 9.72. The molecule has 0 bridgehead atoms. The summed E-state index contributed by atoms with van der Waals surface area (Å²) in [4.78, 5) is 28.0. The fourth-order valence-electron chi connectivity index (χ4n) is 8.49. The molecular formula is C39H44ClF4N7O4. The topological polar surface area (TPSA) is 109 Å². The number of carbonyl (C=O) groups is 1. The summed E-state index contributed by atoms with van der Waals surface area (Å²) in [6.45, 7) is 8.55. The van der Waals surface area contributed by atoms with Gasteiger partial charge in [0.15, 0.2) is 18.2 Å². The van der Waals surface area contributed by atoms with Gasteiger partial charge in [-0.05, 0) is 74.6 Å². The number of rotatable bonds is 11. The number of methoxy groups -OCH3 is 1. The molecule has 1 N–H and O–H groups in total. The largest absolute Gasteiger partial charge is 0.481 e. The van der Waals surface area contributed by atoms with Crippen molar-refractivity contribution in [2.75, 3.05) is 71.0 Å². The maximum atomic E-state index is 14.1. The Labute approximate surface area is 320 Å². The second-order valence-electron chi connectivity index (χ2n) is 15.5. The predicted molar refractivity (Wildman–Crippen MR) is 201 cm³/mol. The molecule has 4 aliphatic rings. The highest BCUT2D eigenvalue weighted by atomic mass is 35.5. The van der Waals surface area contributed by atoms with E-state index in [-0.39, 0.29) is 39.9 Å². The number of ether oxygens (including phenoxy) is 3. The quantitative estimate of drug-likeness (QED) is 0.123. The fourth-order valence-corrected chi connectivity index (χ4v) is 8.72. The van der Waals surface area contributed by atoms with Gasteiger partial charge in [0.1, 0.15) is 22.6 Å². The van der Waals surface area contributed by atoms with Crippen LogP contribution in [0.25, 0.3) is 32.9 Å². The molecule has 0 unspecified atom stereocenters. The number of likely N-dealkylation sites (tertiary alicyclic amines) is 2. The van der Waals surface area contributed by atoms with Crippen LogP contribution in [0.1, 0.15) is 55.6 Å². The fraction of sp³-hybridized carbons (Fsp3) is 0.538. The predicted octanol–water partition coefficient (Wildman–Crippen LogP) is 7.36. The number of carbonyl (C=O) groups excluding carboxylic acids is 1. The zero-order valence-electron chi connectivity index (χ0n) is 30.9. The van der Waals surface area contributed by atoms with Crippen molar-refractivity contribution in [2.24, 2.45) is 5.41 Å². The first-order chi connectivity index (χ1) is 26.3. The molecule has 16 heteroatoms. The summed E-state index contributed by atoms with van der Waals surface area (Å²) >= 11 is 6.70. The minimum Gasteiger partial charge on any atom is -0.481 e. The van der Waals surface area contributed by atoms with Crippen molar-refractivity contribution in [1.29, 1.82) is 0 Å². The second-order valence-corrected chi connectivity index (χ2v) is 15.8. The average molecular weight is 786 g/mol. The third kappa shape index (κ3) is 7.54. The maximum absolute atomic E-state index is 14.1. The van der Waals surface area contributed by atoms with Crippen LogP contribution in [-0.4, -0.2) is 114 Å². The summed E-state index contributed by atoms with van der Waals surface area (Å²) in [6, 6.07) is 5.79. The van der Waals surface area contributed by atoms with Gasteiger partial charge in [-0.3, -0.25) is 9.89 Å². The summed E-state index contributed by atoms with van der Waals surface area (Å²) in [5, 5.41) is 8.62. The Bertz CT molecular complexity index is 2120. The average Bonchev–Trinajstić information content (AvgIpc) is 3.93. The summed E-state index contributed by atoms with van der Waals surface area (Å²) in [5.41, 5.74) is 3.43. The van der Waals surface area contributed by atoms with Gasteiger partial charge in [-0.15, -0.1) is 0 Å². The number of hydrogen-bond acceptors (Lipinski definition) is 9. The number of alkyl halides is 3. The van der Waals surface area contributed by atoms with E-state index in [9.17, 15) is 22.4 Å². The van der Waals surface area contributed by atoms with Crippen LogP contribution >= 0.6 is 11.6 Å². The van der Waals surface area contributed by atoms with Crippen LogP contribution in [0, 0.1) is 12.3 Å². The number of piperidine rings is 2. The number of nitrogens with zero attached hydrogens (tertiary/aromatic N) is 6. The molecule has 4 fully saturated rings. The minimum atomic E-state index is -4.63. The molecule has 2 aromatic carbocycles. The smallest absolute Gasteiger partial charge is 0.422 e. The molecule has 1 spiro atoms. The Morgan fingerprint density at radius 3 is 2.45 bits per heavy atom. The number of H-pyrrole nitrogens is 1. The summed E-state index contributed by atoms with van der Waals surface area (Å²) < 4.78 is 73.6. The second kappa shape index (κ2) is 14.7. The number of aromatic nitrogens is 4. The van der Waals surface area contributed by atoms with Gasteiger partial charge in [-0.2, -0.15) is 28.2 Å². The van der Waals surface area contributed by atoms with Crippen LogP contribution < -0.4 is 14.4 Å². The summed E-state index contributed by atoms with van der Waals surface area (Å²) in [5.74, 6) is -1.02. The van der Waals surface area contributed by atoms with Crippen molar-refractivity contribution in [3.8, 4) is 22.9 Å². The molecule has 3 aliphatic heterocycles. The number of nitrogens with one attached hydrogen (secondary N) is 1. The molecule has 0 atom stereocenters. The molecule has 1 aliphatic carbocycles. The molecule has 5 heterocycles. The number of anilines is 1. The van der Waals surface area contributed by atoms with E-state index >= 15 is 0 Å². The van der Waals surface area contributed by atoms with Crippen molar-refractivity contribution >= 4 is 45.1 Å². The number of hydrogen-bond donors (Lipinski definition) is 1. The number of aromatic amines is 1. The molecule has 294 valence electrons. The van der Waals surface area contributed by atoms with Gasteiger partial charge < -0.3 is 28.9 Å². The number of benzene rings is 2. The molecule has 11 nitrogen and oxygen atoms in total. The summed E-state index contributed by atoms with van der Waals surface area (Å²) in [7, 11) is 1.68. The molecule has 8 rings (SSSR count). The SMILES string of the molecule is C=C(F)C(=O)N1CC2(CCN(c3nc(OC4CCN(CCOC)CC4)nc4c(OCC(F)(F)F)c(-c5c(C)ccc6n[nH]c(Cl)c56)c(C5CC5)cc34)CC2)C1. The summed E-state index contributed by atoms with van der Waals surface area (Å²) in [6.07, 6.45) is -0.259. The van der Waals surface area contributed by atoms with Crippen LogP contribution in [0.5, 0.6) is 11.8 Å². The van der Waals surface area contributed by atoms with E-state index in [4.69, 9.17) is 35.8 Å². The zero-order chi connectivity index (χ0) is 38.6. The van der Waals surface area contributed by atoms with Crippen LogP contribution in [0.4, 0.5) is 23.4 Å². The molecule has 1 amide bonds. The van der Waals surface area contributed by atoms with Crippen molar-refractivity contribution in [3.63, 3.8) is 0 Å². The highest BCUT2D eigenvalue weighted by molar-refractivity contribution is 6.35. The van der Waals surface area contributed by atoms with E-state index < -0.39 is 24.5 Å². The Morgan fingerprint density at radius 2 is 1.80 bits per heavy atom. The highest BCUT2D eigenvalue weighted by Crippen LogP contribution is 2.54. The van der Waals surface area contributed by atoms with Crippen molar-refractivity contribution in [2.45, 2.75) is 63.6 Å². The minimum absolute atomic E-state index is 0.000514. The number of aryl methyl sites for hydroxylation is 1. The molecule has 0 radical (unpaired) electrons. The highest BCUT2D eigenvalue weighted by Gasteiger charge is 2.47. The molecule has 1 saturated carbocycles. The first kappa shape index (κ1) is 37.7. The molecule has 55 heavy (non-hydrogen) atoms. The van der Waals surface area contributed by atoms with Gasteiger partial charge in [0.2, 0.25) is 0 Å². The maximum Gasteiger partial charge on any atom is 0.422 e. The first-order valence-corrected chi connectivity index (χ1v) is 19.2. The van der Waals surface area contributed by atoms with Gasteiger partial charge in [0.25, 0.3) is 5.91 Å². The third-order valence-corrected chi connectivity index (χ3v) is 11.9. The lowest BCUT2D eigenvalue weighted by Gasteiger charge is -2.54. The lowest BCUT2D eigenvalue weighted by molar-refractivity contribution is -0.153. The van der Waals surface area contributed by atoms with Gasteiger partial charge in [-0.1, -0.05) is 24.2 Å². The van der Waals surface area contributed by atoms with Crippen LogP contribution in [0.3, 0.4) is 0 Å². The van der Waals surface area contributed by atoms with E-state index in [2.05, 4.69) is 26.6 Å². The molecule has 2 aromatic heterocycles. The van der Waals surface area contributed by atoms with Crippen LogP contribution in [-0.2, 0) is 9.53 Å². The number of fused-ring (bicyclic) bond motifs is 2. The van der Waals surface area contributed by atoms with E-state index in [0.29, 0.717) is 78.9 Å². The van der Waals surface area contributed by atoms with Crippen molar-refractivity contribution in [1.82, 2.24) is 30.0 Å². The van der Waals surface area contributed by atoms with Gasteiger partial charge >= 0.3 is 12.2 Å². The normalized spacial score (nSPS) is 19.3. The third-order valence-electron chi connectivity index (χ3n) is 11.6. The van der Waals surface area contributed by atoms with E-state index in [0.717, 1.165) is 56.4 Å². The van der Waals surface area contributed by atoms with Crippen molar-refractivity contribution < 1.29 is 36.6 Å². The Hall–Kier alpha value is -4.21. The first-order valence-electron chi connectivity index (χ1n) is 18.8. The van der Waals surface area contributed by atoms with E-state index in [1.54, 1.807) is 7.11 Å². The zero-order valence-corrected chi connectivity index (χ0v) is 31.7. The Kier molecular flexibility index (Phi) is 10.1. The molecular weight excluding hydrogens is 742 g/mol. The van der Waals surface area contributed by atoms with Crippen LogP contribution in [0.15, 0.2) is 30.6 Å². The number of amides is 1.